The lowest BCUT2D eigenvalue weighted by atomic mass is 9.92. The molecule has 0 saturated carbocycles. The van der Waals surface area contributed by atoms with Gasteiger partial charge in [0.25, 0.3) is 0 Å². The molecule has 1 nitrogen and oxygen atoms in total. The second-order valence-electron chi connectivity index (χ2n) is 4.30. The van der Waals surface area contributed by atoms with Gasteiger partial charge >= 0.3 is 0 Å². The molecular formula is C16H14FN. The molecule has 0 aliphatic heterocycles. The minimum absolute atomic E-state index is 0.249. The van der Waals surface area contributed by atoms with E-state index in [4.69, 9.17) is 6.57 Å². The molecule has 2 rings (SSSR count). The third-order valence-corrected chi connectivity index (χ3v) is 3.16. The Labute approximate surface area is 107 Å². The van der Waals surface area contributed by atoms with Gasteiger partial charge in [-0.05, 0) is 16.7 Å². The number of hydrogen-bond acceptors (Lipinski definition) is 0. The second-order valence-corrected chi connectivity index (χ2v) is 4.30. The van der Waals surface area contributed by atoms with Crippen molar-refractivity contribution in [3.63, 3.8) is 0 Å². The van der Waals surface area contributed by atoms with Gasteiger partial charge in [0.15, 0.2) is 5.69 Å². The summed E-state index contributed by atoms with van der Waals surface area (Å²) in [5, 5.41) is 0. The Morgan fingerprint density at radius 2 is 1.50 bits per heavy atom. The van der Waals surface area contributed by atoms with Crippen LogP contribution >= 0.6 is 0 Å². The van der Waals surface area contributed by atoms with Crippen molar-refractivity contribution in [2.24, 2.45) is 0 Å². The van der Waals surface area contributed by atoms with Crippen LogP contribution in [-0.2, 0) is 6.67 Å². The van der Waals surface area contributed by atoms with Crippen LogP contribution in [0.2, 0.25) is 0 Å². The normalized spacial score (nSPS) is 11.8. The van der Waals surface area contributed by atoms with Gasteiger partial charge in [-0.3, -0.25) is 0 Å². The van der Waals surface area contributed by atoms with Crippen LogP contribution in [0.3, 0.4) is 0 Å². The van der Waals surface area contributed by atoms with Gasteiger partial charge in [-0.2, -0.15) is 0 Å². The van der Waals surface area contributed by atoms with Crippen LogP contribution in [0.4, 0.5) is 10.1 Å². The average molecular weight is 239 g/mol. The maximum absolute atomic E-state index is 12.4. The summed E-state index contributed by atoms with van der Waals surface area (Å²) in [5.41, 5.74) is 3.67. The van der Waals surface area contributed by atoms with Gasteiger partial charge in [-0.1, -0.05) is 55.5 Å². The molecule has 0 aliphatic carbocycles. The molecule has 0 amide bonds. The van der Waals surface area contributed by atoms with E-state index in [1.807, 2.05) is 48.5 Å². The van der Waals surface area contributed by atoms with E-state index in [0.29, 0.717) is 11.3 Å². The maximum Gasteiger partial charge on any atom is 0.187 e. The van der Waals surface area contributed by atoms with Crippen LogP contribution in [0.5, 0.6) is 0 Å². The minimum atomic E-state index is -0.422. The molecule has 0 heterocycles. The summed E-state index contributed by atoms with van der Waals surface area (Å²) in [6.45, 7) is 8.61. The molecule has 1 atom stereocenters. The summed E-state index contributed by atoms with van der Waals surface area (Å²) in [4.78, 5) is 3.37. The summed E-state index contributed by atoms with van der Waals surface area (Å²) in [6, 6.07) is 15.2. The van der Waals surface area contributed by atoms with Crippen LogP contribution in [0.25, 0.3) is 4.85 Å². The molecule has 18 heavy (non-hydrogen) atoms. The highest BCUT2D eigenvalue weighted by Gasteiger charge is 2.08. The zero-order chi connectivity index (χ0) is 13.0. The van der Waals surface area contributed by atoms with Crippen LogP contribution in [-0.4, -0.2) is 0 Å². The Morgan fingerprint density at radius 3 is 1.94 bits per heavy atom. The minimum Gasteiger partial charge on any atom is -0.246 e. The number of benzene rings is 2. The molecule has 0 N–H and O–H groups in total. The van der Waals surface area contributed by atoms with E-state index in [0.717, 1.165) is 11.1 Å². The van der Waals surface area contributed by atoms with Gasteiger partial charge in [-0.15, -0.1) is 0 Å². The SMILES string of the molecule is [C-]#[N+]c1ccc(C(C)c2ccc(CF)cc2)cc1. The largest absolute Gasteiger partial charge is 0.246 e. The lowest BCUT2D eigenvalue weighted by molar-refractivity contribution is 0.485. The van der Waals surface area contributed by atoms with Crippen molar-refractivity contribution >= 4 is 5.69 Å². The van der Waals surface area contributed by atoms with Gasteiger partial charge in [0.05, 0.1) is 6.57 Å². The van der Waals surface area contributed by atoms with Crippen LogP contribution < -0.4 is 0 Å². The van der Waals surface area contributed by atoms with Crippen molar-refractivity contribution < 1.29 is 4.39 Å². The van der Waals surface area contributed by atoms with E-state index in [1.54, 1.807) is 0 Å². The zero-order valence-electron chi connectivity index (χ0n) is 10.2. The Balaban J connectivity index is 2.23. The van der Waals surface area contributed by atoms with Crippen molar-refractivity contribution in [1.82, 2.24) is 0 Å². The third-order valence-electron chi connectivity index (χ3n) is 3.16. The van der Waals surface area contributed by atoms with Gasteiger partial charge in [-0.25, -0.2) is 9.24 Å². The molecular weight excluding hydrogens is 225 g/mol. The fourth-order valence-electron chi connectivity index (χ4n) is 1.93. The quantitative estimate of drug-likeness (QED) is 0.674. The first kappa shape index (κ1) is 12.3. The van der Waals surface area contributed by atoms with Crippen LogP contribution in [0.1, 0.15) is 29.5 Å². The lowest BCUT2D eigenvalue weighted by Gasteiger charge is -2.13. The summed E-state index contributed by atoms with van der Waals surface area (Å²) in [6.07, 6.45) is 0. The van der Waals surface area contributed by atoms with E-state index in [2.05, 4.69) is 11.8 Å². The van der Waals surface area contributed by atoms with Crippen molar-refractivity contribution in [2.75, 3.05) is 0 Å². The first-order valence-corrected chi connectivity index (χ1v) is 5.87. The van der Waals surface area contributed by atoms with Crippen LogP contribution in [0.15, 0.2) is 48.5 Å². The molecule has 0 bridgehead atoms. The molecule has 90 valence electrons. The molecule has 1 unspecified atom stereocenters. The Hall–Kier alpha value is -2.14. The Morgan fingerprint density at radius 1 is 1.00 bits per heavy atom. The van der Waals surface area contributed by atoms with Crippen molar-refractivity contribution in [3.05, 3.63) is 76.6 Å². The fraction of sp³-hybridized carbons (Fsp3) is 0.188. The number of hydrogen-bond donors (Lipinski definition) is 0. The maximum atomic E-state index is 12.4. The van der Waals surface area contributed by atoms with E-state index in [-0.39, 0.29) is 5.92 Å². The predicted molar refractivity (Wildman–Crippen MR) is 71.5 cm³/mol. The molecule has 0 aliphatic rings. The second kappa shape index (κ2) is 5.46. The first-order chi connectivity index (χ1) is 8.74. The summed E-state index contributed by atoms with van der Waals surface area (Å²) < 4.78 is 12.4. The van der Waals surface area contributed by atoms with E-state index in [9.17, 15) is 4.39 Å². The van der Waals surface area contributed by atoms with E-state index >= 15 is 0 Å². The highest BCUT2D eigenvalue weighted by Crippen LogP contribution is 2.26. The van der Waals surface area contributed by atoms with Crippen LogP contribution in [0, 0.1) is 6.57 Å². The molecule has 2 heteroatoms. The summed E-state index contributed by atoms with van der Waals surface area (Å²) in [7, 11) is 0. The molecule has 0 spiro atoms. The van der Waals surface area contributed by atoms with Gasteiger partial charge < -0.3 is 0 Å². The number of rotatable bonds is 3. The smallest absolute Gasteiger partial charge is 0.187 e. The van der Waals surface area contributed by atoms with Gasteiger partial charge in [0.2, 0.25) is 0 Å². The molecule has 2 aromatic rings. The highest BCUT2D eigenvalue weighted by atomic mass is 19.1. The lowest BCUT2D eigenvalue weighted by Crippen LogP contribution is -1.95. The molecule has 0 radical (unpaired) electrons. The molecule has 2 aromatic carbocycles. The number of alkyl halides is 1. The van der Waals surface area contributed by atoms with Crippen molar-refractivity contribution in [3.8, 4) is 0 Å². The molecule has 0 saturated heterocycles. The van der Waals surface area contributed by atoms with E-state index < -0.39 is 6.67 Å². The molecule has 0 fully saturated rings. The highest BCUT2D eigenvalue weighted by molar-refractivity contribution is 5.47. The number of halogens is 1. The Kier molecular flexibility index (Phi) is 3.74. The average Bonchev–Trinajstić information content (AvgIpc) is 2.47. The summed E-state index contributed by atoms with van der Waals surface area (Å²) >= 11 is 0. The van der Waals surface area contributed by atoms with Gasteiger partial charge in [0.1, 0.15) is 6.67 Å². The summed E-state index contributed by atoms with van der Waals surface area (Å²) in [5.74, 6) is 0.249. The van der Waals surface area contributed by atoms with Crippen molar-refractivity contribution in [1.29, 1.82) is 0 Å². The van der Waals surface area contributed by atoms with Gasteiger partial charge in [0, 0.05) is 5.92 Å². The molecule has 0 aromatic heterocycles. The fourth-order valence-corrected chi connectivity index (χ4v) is 1.93. The monoisotopic (exact) mass is 239 g/mol. The topological polar surface area (TPSA) is 4.36 Å². The Bertz CT molecular complexity index is 549. The first-order valence-electron chi connectivity index (χ1n) is 5.87. The van der Waals surface area contributed by atoms with Crippen molar-refractivity contribution in [2.45, 2.75) is 19.5 Å². The van der Waals surface area contributed by atoms with E-state index in [1.165, 1.54) is 0 Å². The zero-order valence-corrected chi connectivity index (χ0v) is 10.2. The third kappa shape index (κ3) is 2.57. The standard InChI is InChI=1S/C16H14FN/c1-12(14-5-3-13(11-17)4-6-14)15-7-9-16(18-2)10-8-15/h3-10,12H,11H2,1H3. The number of nitrogens with zero attached hydrogens (tertiary/aromatic N) is 1. The predicted octanol–water partition coefficient (Wildman–Crippen LogP) is 4.86.